The number of benzene rings is 1. The summed E-state index contributed by atoms with van der Waals surface area (Å²) in [5.74, 6) is -1.01. The Morgan fingerprint density at radius 1 is 1.30 bits per heavy atom. The van der Waals surface area contributed by atoms with Gasteiger partial charge in [0.25, 0.3) is 10.0 Å². The highest BCUT2D eigenvalue weighted by atomic mass is 35.5. The van der Waals surface area contributed by atoms with Crippen molar-refractivity contribution >= 4 is 27.4 Å². The summed E-state index contributed by atoms with van der Waals surface area (Å²) in [7, 11) is -4.08. The third-order valence-corrected chi connectivity index (χ3v) is 3.94. The zero-order valence-corrected chi connectivity index (χ0v) is 11.4. The summed E-state index contributed by atoms with van der Waals surface area (Å²) >= 11 is 5.73. The van der Waals surface area contributed by atoms with E-state index in [2.05, 4.69) is 9.71 Å². The lowest BCUT2D eigenvalue weighted by molar-refractivity contribution is 0.584. The highest BCUT2D eigenvalue weighted by molar-refractivity contribution is 7.92. The largest absolute Gasteiger partial charge is 0.264 e. The number of pyridine rings is 1. The summed E-state index contributed by atoms with van der Waals surface area (Å²) in [5.41, 5.74) is -0.0710. The maximum Gasteiger partial charge on any atom is 0.264 e. The van der Waals surface area contributed by atoms with Crippen LogP contribution in [0.15, 0.2) is 41.3 Å². The van der Waals surface area contributed by atoms with E-state index in [1.165, 1.54) is 24.3 Å². The molecule has 1 aromatic heterocycles. The fraction of sp³-hybridized carbons (Fsp3) is 0. The van der Waals surface area contributed by atoms with Gasteiger partial charge in [-0.3, -0.25) is 4.72 Å². The van der Waals surface area contributed by atoms with Gasteiger partial charge in [-0.2, -0.15) is 9.65 Å². The Bertz CT molecular complexity index is 803. The molecule has 0 aliphatic rings. The molecule has 0 aliphatic heterocycles. The van der Waals surface area contributed by atoms with E-state index in [0.717, 1.165) is 12.1 Å². The lowest BCUT2D eigenvalue weighted by atomic mass is 10.2. The summed E-state index contributed by atoms with van der Waals surface area (Å²) < 4.78 is 39.3. The topological polar surface area (TPSA) is 82.8 Å². The van der Waals surface area contributed by atoms with Crippen LogP contribution in [0.5, 0.6) is 0 Å². The molecule has 1 aromatic carbocycles. The number of nitrogens with zero attached hydrogens (tertiary/aromatic N) is 2. The number of aromatic nitrogens is 1. The van der Waals surface area contributed by atoms with Crippen LogP contribution < -0.4 is 4.72 Å². The highest BCUT2D eigenvalue weighted by Gasteiger charge is 2.20. The minimum Gasteiger partial charge on any atom is -0.263 e. The Labute approximate surface area is 119 Å². The molecule has 2 rings (SSSR count). The van der Waals surface area contributed by atoms with Crippen LogP contribution in [-0.4, -0.2) is 13.4 Å². The van der Waals surface area contributed by atoms with Crippen LogP contribution in [0.4, 0.5) is 10.2 Å². The number of rotatable bonds is 3. The molecule has 0 saturated heterocycles. The van der Waals surface area contributed by atoms with Crippen molar-refractivity contribution in [2.45, 2.75) is 4.90 Å². The Hall–Kier alpha value is -2.17. The molecular weight excluding hydrogens is 305 g/mol. The van der Waals surface area contributed by atoms with Gasteiger partial charge in [0.2, 0.25) is 5.95 Å². The van der Waals surface area contributed by atoms with E-state index in [4.69, 9.17) is 16.9 Å². The maximum atomic E-state index is 12.9. The number of hydrogen-bond acceptors (Lipinski definition) is 4. The molecule has 5 nitrogen and oxygen atoms in total. The Kier molecular flexibility index (Phi) is 3.88. The molecule has 0 aliphatic carbocycles. The van der Waals surface area contributed by atoms with Crippen molar-refractivity contribution in [3.63, 3.8) is 0 Å². The minimum absolute atomic E-state index is 0.0710. The third kappa shape index (κ3) is 3.04. The van der Waals surface area contributed by atoms with Crippen LogP contribution in [0.2, 0.25) is 5.02 Å². The Balaban J connectivity index is 2.46. The van der Waals surface area contributed by atoms with E-state index >= 15 is 0 Å². The molecule has 8 heteroatoms. The van der Waals surface area contributed by atoms with Crippen molar-refractivity contribution in [1.82, 2.24) is 4.98 Å². The average Bonchev–Trinajstić information content (AvgIpc) is 2.38. The van der Waals surface area contributed by atoms with Crippen molar-refractivity contribution in [1.29, 1.82) is 5.26 Å². The number of halogens is 2. The van der Waals surface area contributed by atoms with Crippen LogP contribution >= 0.6 is 11.6 Å². The van der Waals surface area contributed by atoms with Crippen molar-refractivity contribution in [3.05, 3.63) is 52.9 Å². The fourth-order valence-electron chi connectivity index (χ4n) is 1.47. The van der Waals surface area contributed by atoms with Crippen LogP contribution in [0, 0.1) is 17.3 Å². The van der Waals surface area contributed by atoms with Crippen molar-refractivity contribution in [2.24, 2.45) is 0 Å². The molecular formula is C12H7ClFN3O2S. The van der Waals surface area contributed by atoms with Crippen LogP contribution in [0.25, 0.3) is 0 Å². The lowest BCUT2D eigenvalue weighted by Gasteiger charge is -2.08. The van der Waals surface area contributed by atoms with E-state index in [0.29, 0.717) is 0 Å². The second kappa shape index (κ2) is 5.45. The average molecular weight is 312 g/mol. The molecule has 0 fully saturated rings. The second-order valence-electron chi connectivity index (χ2n) is 3.70. The molecule has 102 valence electrons. The number of sulfonamides is 1. The molecule has 1 N–H and O–H groups in total. The standard InChI is InChI=1S/C12H7ClFN3O2S/c13-9-5-4-8(7-15)10(6-9)20(18,19)17-12-3-1-2-11(14)16-12/h1-6H,(H,16,17). The first kappa shape index (κ1) is 14.2. The Morgan fingerprint density at radius 2 is 2.05 bits per heavy atom. The Morgan fingerprint density at radius 3 is 2.70 bits per heavy atom. The van der Waals surface area contributed by atoms with Gasteiger partial charge in [0.15, 0.2) is 0 Å². The molecule has 20 heavy (non-hydrogen) atoms. The second-order valence-corrected chi connectivity index (χ2v) is 5.79. The van der Waals surface area contributed by atoms with Gasteiger partial charge < -0.3 is 0 Å². The monoisotopic (exact) mass is 311 g/mol. The highest BCUT2D eigenvalue weighted by Crippen LogP contribution is 2.22. The lowest BCUT2D eigenvalue weighted by Crippen LogP contribution is -2.15. The normalized spacial score (nSPS) is 10.8. The first-order valence-electron chi connectivity index (χ1n) is 5.27. The molecule has 0 bridgehead atoms. The first-order chi connectivity index (χ1) is 9.42. The van der Waals surface area contributed by atoms with E-state index in [1.807, 2.05) is 0 Å². The SMILES string of the molecule is N#Cc1ccc(Cl)cc1S(=O)(=O)Nc1cccc(F)n1. The molecule has 0 saturated carbocycles. The van der Waals surface area contributed by atoms with Gasteiger partial charge in [-0.05, 0) is 30.3 Å². The first-order valence-corrected chi connectivity index (χ1v) is 7.13. The quantitative estimate of drug-likeness (QED) is 0.883. The van der Waals surface area contributed by atoms with E-state index in [-0.39, 0.29) is 21.3 Å². The molecule has 2 aromatic rings. The zero-order valence-electron chi connectivity index (χ0n) is 9.84. The smallest absolute Gasteiger partial charge is 0.263 e. The molecule has 1 heterocycles. The van der Waals surface area contributed by atoms with Crippen LogP contribution in [0.3, 0.4) is 0 Å². The number of nitrogens with one attached hydrogen (secondary N) is 1. The number of anilines is 1. The summed E-state index contributed by atoms with van der Waals surface area (Å²) in [6.45, 7) is 0. The predicted molar refractivity (Wildman–Crippen MR) is 71.2 cm³/mol. The molecule has 0 unspecified atom stereocenters. The fourth-order valence-corrected chi connectivity index (χ4v) is 2.89. The van der Waals surface area contributed by atoms with Gasteiger partial charge in [-0.15, -0.1) is 0 Å². The van der Waals surface area contributed by atoms with Gasteiger partial charge >= 0.3 is 0 Å². The van der Waals surface area contributed by atoms with E-state index in [9.17, 15) is 12.8 Å². The van der Waals surface area contributed by atoms with Crippen molar-refractivity contribution in [3.8, 4) is 6.07 Å². The van der Waals surface area contributed by atoms with Gasteiger partial charge in [0.05, 0.1) is 5.56 Å². The van der Waals surface area contributed by atoms with Gasteiger partial charge in [-0.25, -0.2) is 13.4 Å². The minimum atomic E-state index is -4.08. The molecule has 0 spiro atoms. The summed E-state index contributed by atoms with van der Waals surface area (Å²) in [6.07, 6.45) is 0. The molecule has 0 amide bonds. The molecule has 0 atom stereocenters. The zero-order chi connectivity index (χ0) is 14.8. The summed E-state index contributed by atoms with van der Waals surface area (Å²) in [4.78, 5) is 3.10. The van der Waals surface area contributed by atoms with Gasteiger partial charge in [0, 0.05) is 5.02 Å². The van der Waals surface area contributed by atoms with Crippen molar-refractivity contribution < 1.29 is 12.8 Å². The molecule has 0 radical (unpaired) electrons. The predicted octanol–water partition coefficient (Wildman–Crippen LogP) is 2.55. The van der Waals surface area contributed by atoms with Crippen molar-refractivity contribution in [2.75, 3.05) is 4.72 Å². The van der Waals surface area contributed by atoms with E-state index < -0.39 is 16.0 Å². The van der Waals surface area contributed by atoms with Crippen LogP contribution in [0.1, 0.15) is 5.56 Å². The number of hydrogen-bond donors (Lipinski definition) is 1. The number of nitriles is 1. The summed E-state index contributed by atoms with van der Waals surface area (Å²) in [5, 5.41) is 9.09. The third-order valence-electron chi connectivity index (χ3n) is 2.31. The van der Waals surface area contributed by atoms with Crippen LogP contribution in [-0.2, 0) is 10.0 Å². The summed E-state index contributed by atoms with van der Waals surface area (Å²) in [6, 6.07) is 9.26. The van der Waals surface area contributed by atoms with Gasteiger partial charge in [0.1, 0.15) is 16.8 Å². The maximum absolute atomic E-state index is 12.9. The van der Waals surface area contributed by atoms with E-state index in [1.54, 1.807) is 6.07 Å². The van der Waals surface area contributed by atoms with Gasteiger partial charge in [-0.1, -0.05) is 17.7 Å².